The van der Waals surface area contributed by atoms with E-state index in [1.807, 2.05) is 19.0 Å². The van der Waals surface area contributed by atoms with Gasteiger partial charge in [0.05, 0.1) is 4.92 Å². The van der Waals surface area contributed by atoms with Crippen LogP contribution in [0.4, 0.5) is 11.5 Å². The number of anilines is 1. The fourth-order valence-corrected chi connectivity index (χ4v) is 1.82. The van der Waals surface area contributed by atoms with Gasteiger partial charge in [0.1, 0.15) is 5.15 Å². The summed E-state index contributed by atoms with van der Waals surface area (Å²) in [6.07, 6.45) is 0. The van der Waals surface area contributed by atoms with Crippen LogP contribution in [0.25, 0.3) is 0 Å². The maximum absolute atomic E-state index is 11.0. The smallest absolute Gasteiger partial charge is 0.311 e. The Bertz CT molecular complexity index is 451. The van der Waals surface area contributed by atoms with Gasteiger partial charge in [-0.15, -0.1) is 0 Å². The highest BCUT2D eigenvalue weighted by molar-refractivity contribution is 6.29. The summed E-state index contributed by atoms with van der Waals surface area (Å²) < 4.78 is 0. The van der Waals surface area contributed by atoms with E-state index in [1.165, 1.54) is 12.1 Å². The van der Waals surface area contributed by atoms with Crippen molar-refractivity contribution in [3.8, 4) is 0 Å². The first-order valence-corrected chi connectivity index (χ1v) is 6.41. The molecule has 7 heteroatoms. The lowest BCUT2D eigenvalue weighted by molar-refractivity contribution is -0.384. The molecule has 1 heterocycles. The molecule has 0 fully saturated rings. The molecule has 1 rings (SSSR count). The number of nitro groups is 1. The monoisotopic (exact) mass is 286 g/mol. The minimum absolute atomic E-state index is 0.0552. The van der Waals surface area contributed by atoms with Crippen LogP contribution >= 0.6 is 11.6 Å². The van der Waals surface area contributed by atoms with E-state index in [-0.39, 0.29) is 22.7 Å². The van der Waals surface area contributed by atoms with Gasteiger partial charge in [0.25, 0.3) is 0 Å². The molecule has 1 N–H and O–H groups in total. The predicted octanol–water partition coefficient (Wildman–Crippen LogP) is 2.64. The molecule has 0 saturated carbocycles. The van der Waals surface area contributed by atoms with Crippen LogP contribution in [0.3, 0.4) is 0 Å². The van der Waals surface area contributed by atoms with E-state index >= 15 is 0 Å². The van der Waals surface area contributed by atoms with Gasteiger partial charge in [-0.25, -0.2) is 4.98 Å². The first-order chi connectivity index (χ1) is 8.81. The second kappa shape index (κ2) is 6.68. The van der Waals surface area contributed by atoms with Gasteiger partial charge in [-0.05, 0) is 26.1 Å². The van der Waals surface area contributed by atoms with Gasteiger partial charge in [-0.3, -0.25) is 10.1 Å². The third kappa shape index (κ3) is 4.65. The molecular formula is C12H19ClN4O2. The molecule has 1 aromatic heterocycles. The van der Waals surface area contributed by atoms with Crippen LogP contribution < -0.4 is 5.32 Å². The topological polar surface area (TPSA) is 71.3 Å². The minimum Gasteiger partial charge on any atom is -0.360 e. The number of likely N-dealkylation sites (N-methyl/N-ethyl adjacent to an activating group) is 1. The summed E-state index contributed by atoms with van der Waals surface area (Å²) in [7, 11) is 3.91. The van der Waals surface area contributed by atoms with E-state index in [0.717, 1.165) is 6.54 Å². The van der Waals surface area contributed by atoms with Gasteiger partial charge in [-0.2, -0.15) is 0 Å². The van der Waals surface area contributed by atoms with Crippen LogP contribution in [0.1, 0.15) is 13.8 Å². The number of hydrogen-bond acceptors (Lipinski definition) is 5. The average molecular weight is 287 g/mol. The molecular weight excluding hydrogens is 268 g/mol. The summed E-state index contributed by atoms with van der Waals surface area (Å²) in [6, 6.07) is 2.84. The van der Waals surface area contributed by atoms with Crippen LogP contribution in [0.15, 0.2) is 12.1 Å². The van der Waals surface area contributed by atoms with Gasteiger partial charge in [0, 0.05) is 18.7 Å². The zero-order valence-corrected chi connectivity index (χ0v) is 12.3. The molecule has 0 aromatic carbocycles. The van der Waals surface area contributed by atoms with Crippen molar-refractivity contribution < 1.29 is 4.92 Å². The fraction of sp³-hybridized carbons (Fsp3) is 0.583. The number of nitrogens with zero attached hydrogens (tertiary/aromatic N) is 3. The van der Waals surface area contributed by atoms with Crippen LogP contribution in [-0.2, 0) is 0 Å². The van der Waals surface area contributed by atoms with Gasteiger partial charge >= 0.3 is 5.69 Å². The van der Waals surface area contributed by atoms with E-state index in [1.54, 1.807) is 0 Å². The van der Waals surface area contributed by atoms with Gasteiger partial charge in [0.15, 0.2) is 0 Å². The van der Waals surface area contributed by atoms with Crippen molar-refractivity contribution >= 4 is 23.1 Å². The standard InChI is InChI=1S/C12H19ClN4O2/c1-8(2)9(7-16(3)4)14-12-10(17(18)19)5-6-11(13)15-12/h5-6,8-9H,7H2,1-4H3,(H,14,15). The molecule has 0 spiro atoms. The van der Waals surface area contributed by atoms with Crippen LogP contribution in [0.5, 0.6) is 0 Å². The van der Waals surface area contributed by atoms with Crippen molar-refractivity contribution in [1.29, 1.82) is 0 Å². The number of pyridine rings is 1. The zero-order valence-electron chi connectivity index (χ0n) is 11.6. The van der Waals surface area contributed by atoms with Crippen LogP contribution in [0, 0.1) is 16.0 Å². The summed E-state index contributed by atoms with van der Waals surface area (Å²) >= 11 is 5.81. The summed E-state index contributed by atoms with van der Waals surface area (Å²) in [5.41, 5.74) is -0.0613. The lowest BCUT2D eigenvalue weighted by Gasteiger charge is -2.25. The number of nitrogens with one attached hydrogen (secondary N) is 1. The Labute approximate surface area is 117 Å². The maximum Gasteiger partial charge on any atom is 0.311 e. The average Bonchev–Trinajstić information content (AvgIpc) is 2.26. The molecule has 0 bridgehead atoms. The van der Waals surface area contributed by atoms with Gasteiger partial charge < -0.3 is 10.2 Å². The molecule has 1 unspecified atom stereocenters. The van der Waals surface area contributed by atoms with E-state index in [0.29, 0.717) is 5.92 Å². The molecule has 0 saturated heterocycles. The summed E-state index contributed by atoms with van der Waals surface area (Å²) in [4.78, 5) is 16.6. The normalized spacial score (nSPS) is 12.8. The molecule has 106 valence electrons. The van der Waals surface area contributed by atoms with Crippen molar-refractivity contribution in [3.05, 3.63) is 27.4 Å². The Hall–Kier alpha value is -1.40. The first kappa shape index (κ1) is 15.7. The molecule has 6 nitrogen and oxygen atoms in total. The van der Waals surface area contributed by atoms with Crippen molar-refractivity contribution in [1.82, 2.24) is 9.88 Å². The quantitative estimate of drug-likeness (QED) is 0.494. The van der Waals surface area contributed by atoms with E-state index in [9.17, 15) is 10.1 Å². The first-order valence-electron chi connectivity index (χ1n) is 6.03. The Morgan fingerprint density at radius 1 is 1.47 bits per heavy atom. The highest BCUT2D eigenvalue weighted by atomic mass is 35.5. The molecule has 19 heavy (non-hydrogen) atoms. The molecule has 0 aliphatic heterocycles. The summed E-state index contributed by atoms with van der Waals surface area (Å²) in [6.45, 7) is 4.86. The third-order valence-corrected chi connectivity index (χ3v) is 2.94. The van der Waals surface area contributed by atoms with E-state index in [2.05, 4.69) is 24.1 Å². The second-order valence-corrected chi connectivity index (χ2v) is 5.40. The SMILES string of the molecule is CC(C)C(CN(C)C)Nc1nc(Cl)ccc1[N+](=O)[O-]. The van der Waals surface area contributed by atoms with Crippen molar-refractivity contribution in [2.24, 2.45) is 5.92 Å². The summed E-state index contributed by atoms with van der Waals surface area (Å²) in [5.74, 6) is 0.529. The highest BCUT2D eigenvalue weighted by Gasteiger charge is 2.21. The van der Waals surface area contributed by atoms with Gasteiger partial charge in [0.2, 0.25) is 5.82 Å². The highest BCUT2D eigenvalue weighted by Crippen LogP contribution is 2.25. The Morgan fingerprint density at radius 3 is 2.58 bits per heavy atom. The lowest BCUT2D eigenvalue weighted by Crippen LogP contribution is -2.36. The second-order valence-electron chi connectivity index (χ2n) is 5.02. The molecule has 1 aromatic rings. The third-order valence-electron chi connectivity index (χ3n) is 2.73. The fourth-order valence-electron chi connectivity index (χ4n) is 1.67. The Balaban J connectivity index is 3.01. The Kier molecular flexibility index (Phi) is 5.50. The molecule has 0 amide bonds. The lowest BCUT2D eigenvalue weighted by atomic mass is 10.0. The molecule has 0 aliphatic rings. The van der Waals surface area contributed by atoms with E-state index in [4.69, 9.17) is 11.6 Å². The predicted molar refractivity (Wildman–Crippen MR) is 76.7 cm³/mol. The Morgan fingerprint density at radius 2 is 2.11 bits per heavy atom. The molecule has 0 aliphatic carbocycles. The summed E-state index contributed by atoms with van der Waals surface area (Å²) in [5, 5.41) is 14.3. The van der Waals surface area contributed by atoms with E-state index < -0.39 is 4.92 Å². The minimum atomic E-state index is -0.460. The van der Waals surface area contributed by atoms with Gasteiger partial charge in [-0.1, -0.05) is 25.4 Å². The largest absolute Gasteiger partial charge is 0.360 e. The van der Waals surface area contributed by atoms with Crippen molar-refractivity contribution in [2.75, 3.05) is 26.0 Å². The number of hydrogen-bond donors (Lipinski definition) is 1. The molecule has 1 atom stereocenters. The number of halogens is 1. The van der Waals surface area contributed by atoms with Crippen molar-refractivity contribution in [2.45, 2.75) is 19.9 Å². The number of rotatable bonds is 6. The maximum atomic E-state index is 11.0. The van der Waals surface area contributed by atoms with Crippen molar-refractivity contribution in [3.63, 3.8) is 0 Å². The van der Waals surface area contributed by atoms with Crippen LogP contribution in [-0.4, -0.2) is 41.5 Å². The number of aromatic nitrogens is 1. The molecule has 0 radical (unpaired) electrons. The zero-order chi connectivity index (χ0) is 14.6. The van der Waals surface area contributed by atoms with Crippen LogP contribution in [0.2, 0.25) is 5.15 Å².